The topological polar surface area (TPSA) is 30.5 Å². The number of ether oxygens (including phenoxy) is 2. The first-order valence-corrected chi connectivity index (χ1v) is 20.4. The van der Waals surface area contributed by atoms with Crippen molar-refractivity contribution in [2.75, 3.05) is 7.05 Å². The smallest absolute Gasteiger partial charge is 0.169 e. The monoisotopic (exact) mass is 640 g/mol. The Morgan fingerprint density at radius 3 is 1.20 bits per heavy atom. The summed E-state index contributed by atoms with van der Waals surface area (Å²) in [5.74, 6) is -0.307. The molecule has 2 aliphatic rings. The molecule has 0 aromatic heterocycles. The average molecular weight is 640 g/mol. The maximum absolute atomic E-state index is 6.77. The van der Waals surface area contributed by atoms with Gasteiger partial charge in [-0.05, 0) is 96.9 Å². The molecule has 2 atom stereocenters. The van der Waals surface area contributed by atoms with E-state index in [1.165, 1.54) is 141 Å². The molecule has 3 nitrogen and oxygen atoms in total. The lowest BCUT2D eigenvalue weighted by Crippen LogP contribution is -2.34. The molecule has 0 amide bonds. The van der Waals surface area contributed by atoms with Crippen LogP contribution in [0.5, 0.6) is 0 Å². The number of unbranched alkanes of at least 4 members (excludes halogenated alkanes) is 18. The summed E-state index contributed by atoms with van der Waals surface area (Å²) >= 11 is 0. The van der Waals surface area contributed by atoms with Crippen LogP contribution in [0.2, 0.25) is 0 Å². The largest absolute Gasteiger partial charge is 0.344 e. The highest BCUT2D eigenvalue weighted by Gasteiger charge is 2.50. The van der Waals surface area contributed by atoms with E-state index in [1.54, 1.807) is 0 Å². The third-order valence-corrected chi connectivity index (χ3v) is 10.1. The Bertz CT molecular complexity index is 735. The van der Waals surface area contributed by atoms with Crippen LogP contribution >= 0.6 is 0 Å². The first-order valence-electron chi connectivity index (χ1n) is 20.4. The zero-order valence-corrected chi connectivity index (χ0v) is 31.0. The molecule has 0 aromatic carbocycles. The summed E-state index contributed by atoms with van der Waals surface area (Å²) in [4.78, 5) is 0. The first kappa shape index (κ1) is 41.0. The van der Waals surface area contributed by atoms with Crippen LogP contribution in [0.25, 0.3) is 0 Å². The molecule has 1 aliphatic carbocycles. The van der Waals surface area contributed by atoms with Crippen molar-refractivity contribution in [3.63, 3.8) is 0 Å². The highest BCUT2D eigenvalue weighted by Crippen LogP contribution is 2.43. The summed E-state index contributed by atoms with van der Waals surface area (Å²) in [6.07, 6.45) is 54.9. The van der Waals surface area contributed by atoms with E-state index in [4.69, 9.17) is 9.47 Å². The van der Waals surface area contributed by atoms with E-state index in [9.17, 15) is 0 Å². The lowest BCUT2D eigenvalue weighted by atomic mass is 9.98. The molecule has 266 valence electrons. The van der Waals surface area contributed by atoms with Crippen molar-refractivity contribution < 1.29 is 9.47 Å². The highest BCUT2D eigenvalue weighted by molar-refractivity contribution is 4.96. The van der Waals surface area contributed by atoms with Gasteiger partial charge in [0.05, 0.1) is 12.2 Å². The average Bonchev–Trinajstić information content (AvgIpc) is 3.60. The molecule has 0 radical (unpaired) electrons. The molecule has 1 saturated carbocycles. The number of allylic oxidation sites excluding steroid dienone is 8. The van der Waals surface area contributed by atoms with Gasteiger partial charge in [0.2, 0.25) is 0 Å². The molecule has 3 heteroatoms. The molecular weight excluding hydrogens is 562 g/mol. The van der Waals surface area contributed by atoms with Gasteiger partial charge in [-0.25, -0.2) is 0 Å². The van der Waals surface area contributed by atoms with E-state index < -0.39 is 0 Å². The predicted octanol–water partition coefficient (Wildman–Crippen LogP) is 13.3. The zero-order valence-electron chi connectivity index (χ0n) is 31.0. The van der Waals surface area contributed by atoms with E-state index in [2.05, 4.69) is 74.8 Å². The maximum Gasteiger partial charge on any atom is 0.169 e. The van der Waals surface area contributed by atoms with Gasteiger partial charge in [0.1, 0.15) is 0 Å². The quantitative estimate of drug-likeness (QED) is 0.0605. The van der Waals surface area contributed by atoms with Crippen molar-refractivity contribution in [1.29, 1.82) is 0 Å². The minimum atomic E-state index is -0.307. The molecule has 1 N–H and O–H groups in total. The molecule has 0 spiro atoms. The lowest BCUT2D eigenvalue weighted by Gasteiger charge is -2.30. The van der Waals surface area contributed by atoms with Crippen LogP contribution in [0.1, 0.15) is 194 Å². The molecule has 0 bridgehead atoms. The van der Waals surface area contributed by atoms with Crippen molar-refractivity contribution in [3.8, 4) is 0 Å². The third kappa shape index (κ3) is 20.3. The van der Waals surface area contributed by atoms with Gasteiger partial charge in [-0.2, -0.15) is 0 Å². The molecule has 2 fully saturated rings. The fourth-order valence-electron chi connectivity index (χ4n) is 7.15. The molecular formula is C43H77NO2. The van der Waals surface area contributed by atoms with Gasteiger partial charge in [0.15, 0.2) is 5.79 Å². The van der Waals surface area contributed by atoms with E-state index in [1.807, 2.05) is 0 Å². The fourth-order valence-corrected chi connectivity index (χ4v) is 7.15. The molecule has 0 aromatic rings. The van der Waals surface area contributed by atoms with Crippen molar-refractivity contribution >= 4 is 0 Å². The van der Waals surface area contributed by atoms with Crippen LogP contribution in [0.4, 0.5) is 0 Å². The van der Waals surface area contributed by atoms with Crippen LogP contribution < -0.4 is 5.32 Å². The van der Waals surface area contributed by atoms with Gasteiger partial charge in [-0.1, -0.05) is 140 Å². The standard InChI is InChI=1S/C43H77NO2/c1-4-6-8-10-12-14-16-18-20-22-24-26-28-30-32-34-36-43(45-41-38-40(44-3)39-42(41)46-43)37-35-33-31-29-27-25-23-21-19-17-15-13-11-9-7-5-2/h12-15,18-21,40-42,44H,4-11,16-17,22-39H2,1-3H3. The second-order valence-corrected chi connectivity index (χ2v) is 14.3. The van der Waals surface area contributed by atoms with Crippen molar-refractivity contribution in [1.82, 2.24) is 5.32 Å². The summed E-state index contributed by atoms with van der Waals surface area (Å²) in [6, 6.07) is 0.553. The number of rotatable bonds is 31. The Morgan fingerprint density at radius 1 is 0.478 bits per heavy atom. The normalized spacial score (nSPS) is 23.3. The number of nitrogens with one attached hydrogen (secondary N) is 1. The van der Waals surface area contributed by atoms with Crippen LogP contribution in [0, 0.1) is 0 Å². The van der Waals surface area contributed by atoms with Crippen molar-refractivity contribution in [2.24, 2.45) is 0 Å². The molecule has 2 rings (SSSR count). The second kappa shape index (κ2) is 28.8. The van der Waals surface area contributed by atoms with E-state index in [0.29, 0.717) is 18.2 Å². The fraction of sp³-hybridized carbons (Fsp3) is 0.814. The number of hydrogen-bond donors (Lipinski definition) is 1. The van der Waals surface area contributed by atoms with Gasteiger partial charge in [-0.3, -0.25) is 0 Å². The summed E-state index contributed by atoms with van der Waals surface area (Å²) in [5, 5.41) is 3.45. The van der Waals surface area contributed by atoms with Crippen LogP contribution in [-0.4, -0.2) is 31.1 Å². The van der Waals surface area contributed by atoms with Gasteiger partial charge >= 0.3 is 0 Å². The Kier molecular flexibility index (Phi) is 25.7. The van der Waals surface area contributed by atoms with Gasteiger partial charge < -0.3 is 14.8 Å². The van der Waals surface area contributed by atoms with Gasteiger partial charge in [0.25, 0.3) is 0 Å². The number of fused-ring (bicyclic) bond motifs is 1. The Balaban J connectivity index is 1.52. The van der Waals surface area contributed by atoms with Gasteiger partial charge in [0, 0.05) is 18.9 Å². The summed E-state index contributed by atoms with van der Waals surface area (Å²) in [7, 11) is 2.08. The van der Waals surface area contributed by atoms with Crippen LogP contribution in [-0.2, 0) is 9.47 Å². The van der Waals surface area contributed by atoms with E-state index in [-0.39, 0.29) is 5.79 Å². The third-order valence-electron chi connectivity index (χ3n) is 10.1. The van der Waals surface area contributed by atoms with Crippen molar-refractivity contribution in [3.05, 3.63) is 48.6 Å². The second-order valence-electron chi connectivity index (χ2n) is 14.3. The summed E-state index contributed by atoms with van der Waals surface area (Å²) < 4.78 is 13.5. The molecule has 46 heavy (non-hydrogen) atoms. The Hall–Kier alpha value is -1.16. The molecule has 1 heterocycles. The molecule has 2 unspecified atom stereocenters. The summed E-state index contributed by atoms with van der Waals surface area (Å²) in [6.45, 7) is 4.54. The minimum Gasteiger partial charge on any atom is -0.344 e. The Labute approximate surface area is 287 Å². The maximum atomic E-state index is 6.77. The van der Waals surface area contributed by atoms with Crippen molar-refractivity contribution in [2.45, 2.75) is 218 Å². The van der Waals surface area contributed by atoms with E-state index in [0.717, 1.165) is 38.5 Å². The van der Waals surface area contributed by atoms with E-state index >= 15 is 0 Å². The SMILES string of the molecule is CCCCCC=CCC=CCCCCCCCCC1(CCCCCCCCC=CCC=CCCCCC)OC2CC(NC)CC2O1. The lowest BCUT2D eigenvalue weighted by molar-refractivity contribution is -0.191. The highest BCUT2D eigenvalue weighted by atomic mass is 16.8. The predicted molar refractivity (Wildman–Crippen MR) is 203 cm³/mol. The minimum absolute atomic E-state index is 0.298. The molecule has 1 aliphatic heterocycles. The Morgan fingerprint density at radius 2 is 0.826 bits per heavy atom. The van der Waals surface area contributed by atoms with Crippen LogP contribution in [0.15, 0.2) is 48.6 Å². The summed E-state index contributed by atoms with van der Waals surface area (Å²) in [5.41, 5.74) is 0. The first-order chi connectivity index (χ1) is 22.7. The number of hydrogen-bond acceptors (Lipinski definition) is 3. The van der Waals surface area contributed by atoms with Gasteiger partial charge in [-0.15, -0.1) is 0 Å². The van der Waals surface area contributed by atoms with Crippen LogP contribution in [0.3, 0.4) is 0 Å². The molecule has 1 saturated heterocycles. The zero-order chi connectivity index (χ0) is 32.8.